The molecule has 1 N–H and O–H groups in total. The zero-order valence-electron chi connectivity index (χ0n) is 9.19. The molecule has 0 spiro atoms. The summed E-state index contributed by atoms with van der Waals surface area (Å²) in [6.07, 6.45) is 0.639. The van der Waals surface area contributed by atoms with E-state index < -0.39 is 10.0 Å². The van der Waals surface area contributed by atoms with E-state index in [1.54, 1.807) is 0 Å². The Hall–Kier alpha value is -0.620. The van der Waals surface area contributed by atoms with Crippen LogP contribution in [0.3, 0.4) is 0 Å². The van der Waals surface area contributed by atoms with Gasteiger partial charge in [-0.25, -0.2) is 8.42 Å². The topological polar surface area (TPSA) is 66.5 Å². The van der Waals surface area contributed by atoms with E-state index in [9.17, 15) is 13.2 Å². The van der Waals surface area contributed by atoms with E-state index in [1.165, 1.54) is 4.31 Å². The number of hydrogen-bond donors (Lipinski definition) is 1. The van der Waals surface area contributed by atoms with Crippen LogP contribution in [0.2, 0.25) is 0 Å². The Balaban J connectivity index is 2.56. The van der Waals surface area contributed by atoms with Crippen molar-refractivity contribution in [2.24, 2.45) is 5.92 Å². The monoisotopic (exact) mass is 234 g/mol. The third-order valence-corrected chi connectivity index (χ3v) is 4.20. The number of amides is 1. The fourth-order valence-electron chi connectivity index (χ4n) is 1.37. The molecule has 6 heteroatoms. The van der Waals surface area contributed by atoms with Crippen LogP contribution in [0.1, 0.15) is 20.3 Å². The van der Waals surface area contributed by atoms with Crippen LogP contribution in [0.4, 0.5) is 0 Å². The molecule has 15 heavy (non-hydrogen) atoms. The molecule has 1 fully saturated rings. The van der Waals surface area contributed by atoms with Crippen molar-refractivity contribution < 1.29 is 13.2 Å². The maximum atomic E-state index is 11.8. The molecule has 1 aliphatic heterocycles. The molecule has 1 heterocycles. The first kappa shape index (κ1) is 12.4. The van der Waals surface area contributed by atoms with E-state index in [1.807, 2.05) is 13.8 Å². The minimum Gasteiger partial charge on any atom is -0.354 e. The summed E-state index contributed by atoms with van der Waals surface area (Å²) < 4.78 is 24.8. The van der Waals surface area contributed by atoms with E-state index in [-0.39, 0.29) is 18.2 Å². The van der Waals surface area contributed by atoms with Gasteiger partial charge in [0.2, 0.25) is 15.9 Å². The summed E-state index contributed by atoms with van der Waals surface area (Å²) in [7, 11) is -3.24. The van der Waals surface area contributed by atoms with Crippen LogP contribution in [-0.4, -0.2) is 44.0 Å². The second kappa shape index (κ2) is 4.94. The van der Waals surface area contributed by atoms with Crippen molar-refractivity contribution in [2.75, 3.05) is 25.4 Å². The average Bonchev–Trinajstić information content (AvgIpc) is 2.15. The first-order valence-electron chi connectivity index (χ1n) is 5.16. The van der Waals surface area contributed by atoms with Gasteiger partial charge in [0.15, 0.2) is 0 Å². The molecule has 1 amide bonds. The molecule has 1 saturated heterocycles. The van der Waals surface area contributed by atoms with Gasteiger partial charge in [-0.1, -0.05) is 13.8 Å². The van der Waals surface area contributed by atoms with Gasteiger partial charge in [0, 0.05) is 13.1 Å². The molecule has 0 saturated carbocycles. The van der Waals surface area contributed by atoms with Crippen molar-refractivity contribution in [1.29, 1.82) is 0 Å². The van der Waals surface area contributed by atoms with Gasteiger partial charge in [-0.2, -0.15) is 4.31 Å². The van der Waals surface area contributed by atoms with Gasteiger partial charge in [-0.05, 0) is 12.3 Å². The highest BCUT2D eigenvalue weighted by atomic mass is 32.2. The minimum absolute atomic E-state index is 0.0274. The Morgan fingerprint density at radius 2 is 2.13 bits per heavy atom. The molecule has 0 bridgehead atoms. The predicted molar refractivity (Wildman–Crippen MR) is 57.8 cm³/mol. The maximum absolute atomic E-state index is 11.8. The zero-order chi connectivity index (χ0) is 11.5. The molecular formula is C9H18N2O3S. The van der Waals surface area contributed by atoms with Crippen LogP contribution in [-0.2, 0) is 14.8 Å². The summed E-state index contributed by atoms with van der Waals surface area (Å²) in [5.74, 6) is 0.283. The largest absolute Gasteiger partial charge is 0.354 e. The lowest BCUT2D eigenvalue weighted by Gasteiger charge is -2.26. The van der Waals surface area contributed by atoms with Gasteiger partial charge in [-0.3, -0.25) is 4.79 Å². The summed E-state index contributed by atoms with van der Waals surface area (Å²) >= 11 is 0. The molecule has 5 nitrogen and oxygen atoms in total. The standard InChI is InChI=1S/C9H18N2O3S/c1-8(2)3-6-15(13,14)11-5-4-10-9(12)7-11/h8H,3-7H2,1-2H3,(H,10,12). The number of piperazine rings is 1. The number of sulfonamides is 1. The molecule has 1 aliphatic rings. The predicted octanol–water partition coefficient (Wildman–Crippen LogP) is -0.206. The number of carbonyl (C=O) groups excluding carboxylic acids is 1. The SMILES string of the molecule is CC(C)CCS(=O)(=O)N1CCNC(=O)C1. The number of rotatable bonds is 4. The minimum atomic E-state index is -3.24. The van der Waals surface area contributed by atoms with Crippen LogP contribution in [0.5, 0.6) is 0 Å². The van der Waals surface area contributed by atoms with Crippen molar-refractivity contribution in [3.8, 4) is 0 Å². The van der Waals surface area contributed by atoms with E-state index in [2.05, 4.69) is 5.32 Å². The van der Waals surface area contributed by atoms with Gasteiger partial charge >= 0.3 is 0 Å². The van der Waals surface area contributed by atoms with Crippen molar-refractivity contribution in [2.45, 2.75) is 20.3 Å². The highest BCUT2D eigenvalue weighted by Crippen LogP contribution is 2.09. The summed E-state index contributed by atoms with van der Waals surface area (Å²) in [5, 5.41) is 2.60. The summed E-state index contributed by atoms with van der Waals surface area (Å²) in [6, 6.07) is 0. The molecule has 0 aromatic rings. The van der Waals surface area contributed by atoms with Crippen molar-refractivity contribution >= 4 is 15.9 Å². The fourth-order valence-corrected chi connectivity index (χ4v) is 3.08. The molecule has 0 aromatic heterocycles. The lowest BCUT2D eigenvalue weighted by atomic mass is 10.2. The lowest BCUT2D eigenvalue weighted by Crippen LogP contribution is -2.50. The van der Waals surface area contributed by atoms with Crippen LogP contribution in [0.15, 0.2) is 0 Å². The Morgan fingerprint density at radius 1 is 1.47 bits per heavy atom. The van der Waals surface area contributed by atoms with Crippen molar-refractivity contribution in [3.05, 3.63) is 0 Å². The molecule has 0 unspecified atom stereocenters. The second-order valence-electron chi connectivity index (χ2n) is 4.18. The summed E-state index contributed by atoms with van der Waals surface area (Å²) in [5.41, 5.74) is 0. The number of carbonyl (C=O) groups is 1. The van der Waals surface area contributed by atoms with Crippen LogP contribution in [0, 0.1) is 5.92 Å². The molecular weight excluding hydrogens is 216 g/mol. The summed E-state index contributed by atoms with van der Waals surface area (Å²) in [4.78, 5) is 11.0. The molecule has 0 atom stereocenters. The van der Waals surface area contributed by atoms with E-state index in [0.717, 1.165) is 0 Å². The van der Waals surface area contributed by atoms with Gasteiger partial charge < -0.3 is 5.32 Å². The molecule has 0 aromatic carbocycles. The first-order valence-corrected chi connectivity index (χ1v) is 6.77. The van der Waals surface area contributed by atoms with Crippen LogP contribution in [0.25, 0.3) is 0 Å². The number of nitrogens with zero attached hydrogens (tertiary/aromatic N) is 1. The Bertz CT molecular complexity index is 324. The summed E-state index contributed by atoms with van der Waals surface area (Å²) in [6.45, 7) is 4.75. The smallest absolute Gasteiger partial charge is 0.235 e. The quantitative estimate of drug-likeness (QED) is 0.732. The van der Waals surface area contributed by atoms with E-state index >= 15 is 0 Å². The first-order chi connectivity index (χ1) is 6.92. The lowest BCUT2D eigenvalue weighted by molar-refractivity contribution is -0.122. The molecule has 1 rings (SSSR count). The van der Waals surface area contributed by atoms with Crippen molar-refractivity contribution in [1.82, 2.24) is 9.62 Å². The zero-order valence-corrected chi connectivity index (χ0v) is 10.0. The Morgan fingerprint density at radius 3 is 2.67 bits per heavy atom. The molecule has 88 valence electrons. The Kier molecular flexibility index (Phi) is 4.10. The second-order valence-corrected chi connectivity index (χ2v) is 6.27. The number of hydrogen-bond acceptors (Lipinski definition) is 3. The van der Waals surface area contributed by atoms with Crippen LogP contribution >= 0.6 is 0 Å². The third-order valence-electron chi connectivity index (χ3n) is 2.35. The van der Waals surface area contributed by atoms with E-state index in [0.29, 0.717) is 25.4 Å². The Labute approximate surface area is 90.9 Å². The van der Waals surface area contributed by atoms with Crippen molar-refractivity contribution in [3.63, 3.8) is 0 Å². The van der Waals surface area contributed by atoms with Gasteiger partial charge in [0.05, 0.1) is 12.3 Å². The maximum Gasteiger partial charge on any atom is 0.235 e. The van der Waals surface area contributed by atoms with E-state index in [4.69, 9.17) is 0 Å². The molecule has 0 radical (unpaired) electrons. The van der Waals surface area contributed by atoms with Crippen LogP contribution < -0.4 is 5.32 Å². The highest BCUT2D eigenvalue weighted by Gasteiger charge is 2.27. The highest BCUT2D eigenvalue weighted by molar-refractivity contribution is 7.89. The fraction of sp³-hybridized carbons (Fsp3) is 0.889. The average molecular weight is 234 g/mol. The van der Waals surface area contributed by atoms with Gasteiger partial charge in [0.1, 0.15) is 0 Å². The third kappa shape index (κ3) is 3.79. The van der Waals surface area contributed by atoms with Gasteiger partial charge in [0.25, 0.3) is 0 Å². The normalized spacial score (nSPS) is 19.3. The number of nitrogens with one attached hydrogen (secondary N) is 1. The van der Waals surface area contributed by atoms with Gasteiger partial charge in [-0.15, -0.1) is 0 Å². The molecule has 0 aliphatic carbocycles.